The second kappa shape index (κ2) is 8.86. The van der Waals surface area contributed by atoms with Crippen molar-refractivity contribution in [1.82, 2.24) is 9.71 Å². The molecule has 10 heteroatoms. The third-order valence-corrected chi connectivity index (χ3v) is 5.93. The van der Waals surface area contributed by atoms with Crippen LogP contribution in [0, 0.1) is 0 Å². The monoisotopic (exact) mass is 444 g/mol. The van der Waals surface area contributed by atoms with Crippen molar-refractivity contribution in [2.75, 3.05) is 10.6 Å². The molecule has 9 nitrogen and oxygen atoms in total. The van der Waals surface area contributed by atoms with Gasteiger partial charge in [-0.3, -0.25) is 9.59 Å². The average Bonchev–Trinajstić information content (AvgIpc) is 3.11. The molecule has 31 heavy (non-hydrogen) atoms. The Kier molecular flexibility index (Phi) is 6.42. The number of sulfonamides is 1. The Bertz CT molecular complexity index is 1220. The van der Waals surface area contributed by atoms with Crippen molar-refractivity contribution in [3.05, 3.63) is 48.4 Å². The van der Waals surface area contributed by atoms with Crippen molar-refractivity contribution < 1.29 is 22.4 Å². The number of hydrogen-bond acceptors (Lipinski definition) is 6. The fourth-order valence-corrected chi connectivity index (χ4v) is 4.00. The molecule has 0 aliphatic carbocycles. The molecule has 0 bridgehead atoms. The molecule has 3 N–H and O–H groups in total. The van der Waals surface area contributed by atoms with Crippen LogP contribution in [-0.2, 0) is 19.6 Å². The zero-order valence-electron chi connectivity index (χ0n) is 17.6. The molecule has 0 saturated heterocycles. The first-order chi connectivity index (χ1) is 14.5. The standard InChI is InChI=1S/C21H24N4O5S/c1-12(2)21-24-18-11-16(7-10-19(18)30-21)23-20(27)13(3)25-31(28,29)17-8-5-15(6-9-17)22-14(4)26/h5-13,25H,1-4H3,(H,22,26)(H,23,27)/t13-/m0/s1. The summed E-state index contributed by atoms with van der Waals surface area (Å²) in [5, 5.41) is 5.24. The molecule has 1 atom stereocenters. The van der Waals surface area contributed by atoms with E-state index in [1.165, 1.54) is 38.1 Å². The van der Waals surface area contributed by atoms with E-state index in [1.54, 1.807) is 18.2 Å². The Hall–Kier alpha value is -3.24. The number of rotatable bonds is 7. The number of amides is 2. The van der Waals surface area contributed by atoms with Crippen LogP contribution in [0.4, 0.5) is 11.4 Å². The number of benzene rings is 2. The highest BCUT2D eigenvalue weighted by molar-refractivity contribution is 7.89. The van der Waals surface area contributed by atoms with Crippen LogP contribution in [0.5, 0.6) is 0 Å². The second-order valence-corrected chi connectivity index (χ2v) is 9.14. The summed E-state index contributed by atoms with van der Waals surface area (Å²) in [6, 6.07) is 9.65. The van der Waals surface area contributed by atoms with E-state index in [9.17, 15) is 18.0 Å². The molecular formula is C21H24N4O5S. The molecule has 2 amide bonds. The minimum absolute atomic E-state index is 0.0218. The number of carbonyl (C=O) groups excluding carboxylic acids is 2. The molecular weight excluding hydrogens is 420 g/mol. The van der Waals surface area contributed by atoms with Gasteiger partial charge in [0.15, 0.2) is 11.5 Å². The average molecular weight is 445 g/mol. The SMILES string of the molecule is CC(=O)Nc1ccc(S(=O)(=O)N[C@@H](C)C(=O)Nc2ccc3oc(C(C)C)nc3c2)cc1. The lowest BCUT2D eigenvalue weighted by Crippen LogP contribution is -2.41. The van der Waals surface area contributed by atoms with Gasteiger partial charge >= 0.3 is 0 Å². The molecule has 0 unspecified atom stereocenters. The van der Waals surface area contributed by atoms with Gasteiger partial charge in [0.2, 0.25) is 21.8 Å². The topological polar surface area (TPSA) is 130 Å². The van der Waals surface area contributed by atoms with Gasteiger partial charge in [0.1, 0.15) is 5.52 Å². The van der Waals surface area contributed by atoms with Gasteiger partial charge in [0.25, 0.3) is 0 Å². The minimum atomic E-state index is -3.93. The summed E-state index contributed by atoms with van der Waals surface area (Å²) in [6.07, 6.45) is 0. The van der Waals surface area contributed by atoms with Gasteiger partial charge in [0.05, 0.1) is 10.9 Å². The maximum Gasteiger partial charge on any atom is 0.242 e. The summed E-state index contributed by atoms with van der Waals surface area (Å²) in [6.45, 7) is 6.74. The molecule has 0 fully saturated rings. The van der Waals surface area contributed by atoms with Gasteiger partial charge in [-0.25, -0.2) is 13.4 Å². The third kappa shape index (κ3) is 5.47. The summed E-state index contributed by atoms with van der Waals surface area (Å²) in [4.78, 5) is 28.0. The van der Waals surface area contributed by atoms with Gasteiger partial charge in [-0.1, -0.05) is 13.8 Å². The molecule has 3 rings (SSSR count). The van der Waals surface area contributed by atoms with Crippen LogP contribution in [0.1, 0.15) is 39.5 Å². The Labute approximate surface area is 180 Å². The van der Waals surface area contributed by atoms with Gasteiger partial charge in [0, 0.05) is 24.2 Å². The summed E-state index contributed by atoms with van der Waals surface area (Å²) in [5.41, 5.74) is 2.17. The zero-order chi connectivity index (χ0) is 22.8. The molecule has 0 aliphatic rings. The van der Waals surface area contributed by atoms with E-state index in [-0.39, 0.29) is 16.7 Å². The number of anilines is 2. The molecule has 0 radical (unpaired) electrons. The number of nitrogens with one attached hydrogen (secondary N) is 3. The van der Waals surface area contributed by atoms with Crippen LogP contribution < -0.4 is 15.4 Å². The van der Waals surface area contributed by atoms with E-state index in [2.05, 4.69) is 20.3 Å². The second-order valence-electron chi connectivity index (χ2n) is 7.43. The number of oxazole rings is 1. The van der Waals surface area contributed by atoms with Crippen LogP contribution in [0.3, 0.4) is 0 Å². The Balaban J connectivity index is 1.68. The highest BCUT2D eigenvalue weighted by Gasteiger charge is 2.22. The molecule has 1 heterocycles. The van der Waals surface area contributed by atoms with E-state index in [4.69, 9.17) is 4.42 Å². The summed E-state index contributed by atoms with van der Waals surface area (Å²) in [7, 11) is -3.93. The number of nitrogens with zero attached hydrogens (tertiary/aromatic N) is 1. The van der Waals surface area contributed by atoms with Crippen LogP contribution in [0.2, 0.25) is 0 Å². The van der Waals surface area contributed by atoms with Gasteiger partial charge in [-0.2, -0.15) is 4.72 Å². The smallest absolute Gasteiger partial charge is 0.242 e. The molecule has 0 spiro atoms. The normalized spacial score (nSPS) is 12.7. The van der Waals surface area contributed by atoms with Crippen molar-refractivity contribution in [1.29, 1.82) is 0 Å². The van der Waals surface area contributed by atoms with E-state index in [0.29, 0.717) is 28.4 Å². The maximum atomic E-state index is 12.6. The van der Waals surface area contributed by atoms with Crippen LogP contribution in [-0.4, -0.2) is 31.3 Å². The Morgan fingerprint density at radius 1 is 0.968 bits per heavy atom. The fourth-order valence-electron chi connectivity index (χ4n) is 2.80. The lowest BCUT2D eigenvalue weighted by molar-refractivity contribution is -0.117. The fraction of sp³-hybridized carbons (Fsp3) is 0.286. The predicted octanol–water partition coefficient (Wildman–Crippen LogP) is 3.22. The maximum absolute atomic E-state index is 12.6. The number of carbonyl (C=O) groups is 2. The molecule has 1 aromatic heterocycles. The van der Waals surface area contributed by atoms with Crippen molar-refractivity contribution in [2.45, 2.75) is 44.6 Å². The summed E-state index contributed by atoms with van der Waals surface area (Å²) >= 11 is 0. The highest BCUT2D eigenvalue weighted by Crippen LogP contribution is 2.24. The van der Waals surface area contributed by atoms with E-state index in [0.717, 1.165) is 0 Å². The number of fused-ring (bicyclic) bond motifs is 1. The molecule has 3 aromatic rings. The van der Waals surface area contributed by atoms with Crippen LogP contribution in [0.25, 0.3) is 11.1 Å². The first-order valence-electron chi connectivity index (χ1n) is 9.66. The lowest BCUT2D eigenvalue weighted by Gasteiger charge is -2.15. The summed E-state index contributed by atoms with van der Waals surface area (Å²) < 4.78 is 33.1. The molecule has 0 saturated carbocycles. The highest BCUT2D eigenvalue weighted by atomic mass is 32.2. The molecule has 0 aliphatic heterocycles. The van der Waals surface area contributed by atoms with Crippen LogP contribution in [0.15, 0.2) is 51.8 Å². The van der Waals surface area contributed by atoms with E-state index >= 15 is 0 Å². The largest absolute Gasteiger partial charge is 0.440 e. The van der Waals surface area contributed by atoms with Gasteiger partial charge in [-0.05, 0) is 49.4 Å². The van der Waals surface area contributed by atoms with Gasteiger partial charge < -0.3 is 15.1 Å². The zero-order valence-corrected chi connectivity index (χ0v) is 18.4. The Morgan fingerprint density at radius 2 is 1.61 bits per heavy atom. The first-order valence-corrected chi connectivity index (χ1v) is 11.1. The molecule has 2 aromatic carbocycles. The lowest BCUT2D eigenvalue weighted by atomic mass is 10.2. The predicted molar refractivity (Wildman–Crippen MR) is 117 cm³/mol. The van der Waals surface area contributed by atoms with Crippen molar-refractivity contribution in [2.24, 2.45) is 0 Å². The quantitative estimate of drug-likeness (QED) is 0.513. The van der Waals surface area contributed by atoms with Crippen molar-refractivity contribution in [3.63, 3.8) is 0 Å². The number of aromatic nitrogens is 1. The molecule has 164 valence electrons. The van der Waals surface area contributed by atoms with Crippen molar-refractivity contribution >= 4 is 44.3 Å². The van der Waals surface area contributed by atoms with Crippen LogP contribution >= 0.6 is 0 Å². The Morgan fingerprint density at radius 3 is 2.23 bits per heavy atom. The van der Waals surface area contributed by atoms with Gasteiger partial charge in [-0.15, -0.1) is 0 Å². The minimum Gasteiger partial charge on any atom is -0.440 e. The third-order valence-electron chi connectivity index (χ3n) is 4.38. The number of hydrogen-bond donors (Lipinski definition) is 3. The van der Waals surface area contributed by atoms with E-state index in [1.807, 2.05) is 13.8 Å². The van der Waals surface area contributed by atoms with Crippen molar-refractivity contribution in [3.8, 4) is 0 Å². The summed E-state index contributed by atoms with van der Waals surface area (Å²) in [5.74, 6) is -0.0510. The van der Waals surface area contributed by atoms with E-state index < -0.39 is 22.0 Å². The first kappa shape index (κ1) is 22.4.